The Balaban J connectivity index is 1.59. The van der Waals surface area contributed by atoms with Crippen LogP contribution in [0.4, 0.5) is 5.82 Å². The number of nitrogens with one attached hydrogen (secondary N) is 1. The Kier molecular flexibility index (Phi) is 5.54. The summed E-state index contributed by atoms with van der Waals surface area (Å²) in [5.41, 5.74) is 0. The summed E-state index contributed by atoms with van der Waals surface area (Å²) in [6.07, 6.45) is 11.1. The summed E-state index contributed by atoms with van der Waals surface area (Å²) in [6, 6.07) is 3.47. The summed E-state index contributed by atoms with van der Waals surface area (Å²) in [4.78, 5) is 4.62. The molecule has 1 aliphatic carbocycles. The highest BCUT2D eigenvalue weighted by Gasteiger charge is 2.26. The van der Waals surface area contributed by atoms with Crippen LogP contribution in [0.3, 0.4) is 0 Å². The van der Waals surface area contributed by atoms with E-state index in [-0.39, 0.29) is 0 Å². The first-order chi connectivity index (χ1) is 11.2. The first-order valence-corrected chi connectivity index (χ1v) is 10.3. The van der Waals surface area contributed by atoms with Gasteiger partial charge >= 0.3 is 0 Å². The predicted molar refractivity (Wildman–Crippen MR) is 91.9 cm³/mol. The predicted octanol–water partition coefficient (Wildman–Crippen LogP) is 3.25. The van der Waals surface area contributed by atoms with E-state index >= 15 is 0 Å². The van der Waals surface area contributed by atoms with Crippen molar-refractivity contribution < 1.29 is 8.42 Å². The van der Waals surface area contributed by atoms with E-state index in [4.69, 9.17) is 0 Å². The molecule has 0 atom stereocenters. The van der Waals surface area contributed by atoms with Crippen molar-refractivity contribution in [3.05, 3.63) is 18.3 Å². The zero-order chi connectivity index (χ0) is 16.1. The highest BCUT2D eigenvalue weighted by atomic mass is 32.2. The molecule has 0 radical (unpaired) electrons. The molecule has 6 heteroatoms. The van der Waals surface area contributed by atoms with Gasteiger partial charge in [0, 0.05) is 25.8 Å². The Morgan fingerprint density at radius 3 is 2.39 bits per heavy atom. The number of aromatic nitrogens is 1. The second kappa shape index (κ2) is 7.62. The third kappa shape index (κ3) is 4.23. The number of anilines is 1. The molecule has 2 fully saturated rings. The SMILES string of the molecule is O=S(=O)(c1ccc(NCC2CCCCC2)nc1)N1CCCCC1. The van der Waals surface area contributed by atoms with Crippen LogP contribution in [0.2, 0.25) is 0 Å². The molecule has 0 unspecified atom stereocenters. The highest BCUT2D eigenvalue weighted by Crippen LogP contribution is 2.24. The molecule has 1 N–H and O–H groups in total. The Bertz CT molecular complexity index is 589. The lowest BCUT2D eigenvalue weighted by molar-refractivity contribution is 0.346. The fourth-order valence-electron chi connectivity index (χ4n) is 3.53. The number of hydrogen-bond donors (Lipinski definition) is 1. The molecule has 0 amide bonds. The van der Waals surface area contributed by atoms with Gasteiger partial charge in [0.25, 0.3) is 0 Å². The lowest BCUT2D eigenvalue weighted by Crippen LogP contribution is -2.35. The smallest absolute Gasteiger partial charge is 0.244 e. The van der Waals surface area contributed by atoms with Crippen molar-refractivity contribution in [2.75, 3.05) is 25.0 Å². The van der Waals surface area contributed by atoms with Gasteiger partial charge in [-0.1, -0.05) is 25.7 Å². The zero-order valence-corrected chi connectivity index (χ0v) is 14.5. The molecule has 1 aromatic rings. The lowest BCUT2D eigenvalue weighted by atomic mass is 9.89. The Morgan fingerprint density at radius 2 is 1.74 bits per heavy atom. The number of hydrogen-bond acceptors (Lipinski definition) is 4. The third-order valence-electron chi connectivity index (χ3n) is 4.99. The van der Waals surface area contributed by atoms with E-state index in [0.717, 1.165) is 37.5 Å². The summed E-state index contributed by atoms with van der Waals surface area (Å²) < 4.78 is 26.7. The van der Waals surface area contributed by atoms with Gasteiger partial charge in [0.2, 0.25) is 10.0 Å². The van der Waals surface area contributed by atoms with Crippen molar-refractivity contribution in [3.8, 4) is 0 Å². The summed E-state index contributed by atoms with van der Waals surface area (Å²) in [6.45, 7) is 2.19. The van der Waals surface area contributed by atoms with Crippen LogP contribution < -0.4 is 5.32 Å². The van der Waals surface area contributed by atoms with E-state index in [0.29, 0.717) is 18.0 Å². The van der Waals surface area contributed by atoms with E-state index in [1.54, 1.807) is 16.4 Å². The van der Waals surface area contributed by atoms with Gasteiger partial charge in [0.15, 0.2) is 0 Å². The summed E-state index contributed by atoms with van der Waals surface area (Å²) in [5, 5.41) is 3.35. The minimum Gasteiger partial charge on any atom is -0.370 e. The van der Waals surface area contributed by atoms with Crippen molar-refractivity contribution in [3.63, 3.8) is 0 Å². The first kappa shape index (κ1) is 16.7. The molecule has 5 nitrogen and oxygen atoms in total. The molecule has 1 saturated carbocycles. The average molecular weight is 337 g/mol. The number of pyridine rings is 1. The van der Waals surface area contributed by atoms with Gasteiger partial charge in [-0.3, -0.25) is 0 Å². The maximum absolute atomic E-state index is 12.6. The molecule has 23 heavy (non-hydrogen) atoms. The summed E-state index contributed by atoms with van der Waals surface area (Å²) in [5.74, 6) is 1.50. The molecule has 128 valence electrons. The monoisotopic (exact) mass is 337 g/mol. The van der Waals surface area contributed by atoms with Crippen LogP contribution in [-0.4, -0.2) is 37.3 Å². The largest absolute Gasteiger partial charge is 0.370 e. The maximum atomic E-state index is 12.6. The van der Waals surface area contributed by atoms with Crippen LogP contribution in [0.15, 0.2) is 23.2 Å². The van der Waals surface area contributed by atoms with E-state index < -0.39 is 10.0 Å². The molecule has 1 aliphatic heterocycles. The van der Waals surface area contributed by atoms with Crippen LogP contribution >= 0.6 is 0 Å². The molecule has 1 saturated heterocycles. The summed E-state index contributed by atoms with van der Waals surface area (Å²) >= 11 is 0. The molecular formula is C17H27N3O2S. The average Bonchev–Trinajstić information content (AvgIpc) is 2.62. The minimum atomic E-state index is -3.37. The Hall–Kier alpha value is -1.14. The van der Waals surface area contributed by atoms with E-state index in [9.17, 15) is 8.42 Å². The van der Waals surface area contributed by atoms with Gasteiger partial charge in [-0.25, -0.2) is 13.4 Å². The van der Waals surface area contributed by atoms with Gasteiger partial charge in [-0.2, -0.15) is 4.31 Å². The van der Waals surface area contributed by atoms with Crippen molar-refractivity contribution in [1.82, 2.24) is 9.29 Å². The van der Waals surface area contributed by atoms with Gasteiger partial charge in [-0.15, -0.1) is 0 Å². The van der Waals surface area contributed by atoms with E-state index in [2.05, 4.69) is 10.3 Å². The Morgan fingerprint density at radius 1 is 1.04 bits per heavy atom. The highest BCUT2D eigenvalue weighted by molar-refractivity contribution is 7.89. The fraction of sp³-hybridized carbons (Fsp3) is 0.706. The molecule has 1 aromatic heterocycles. The number of sulfonamides is 1. The molecule has 0 bridgehead atoms. The maximum Gasteiger partial charge on any atom is 0.244 e. The first-order valence-electron chi connectivity index (χ1n) is 8.86. The van der Waals surface area contributed by atoms with Crippen molar-refractivity contribution >= 4 is 15.8 Å². The second-order valence-electron chi connectivity index (χ2n) is 6.73. The molecule has 3 rings (SSSR count). The third-order valence-corrected chi connectivity index (χ3v) is 6.87. The molecule has 2 heterocycles. The van der Waals surface area contributed by atoms with Crippen molar-refractivity contribution in [2.45, 2.75) is 56.3 Å². The molecular weight excluding hydrogens is 310 g/mol. The van der Waals surface area contributed by atoms with E-state index in [1.165, 1.54) is 38.3 Å². The second-order valence-corrected chi connectivity index (χ2v) is 8.67. The lowest BCUT2D eigenvalue weighted by Gasteiger charge is -2.25. The van der Waals surface area contributed by atoms with Crippen LogP contribution in [0.1, 0.15) is 51.4 Å². The Labute approximate surface area is 139 Å². The van der Waals surface area contributed by atoms with Crippen LogP contribution in [0.25, 0.3) is 0 Å². The van der Waals surface area contributed by atoms with Gasteiger partial charge in [0.05, 0.1) is 0 Å². The standard InChI is InChI=1S/C17H27N3O2S/c21-23(22,20-11-5-2-6-12-20)16-9-10-17(19-14-16)18-13-15-7-3-1-4-8-15/h9-10,14-15H,1-8,11-13H2,(H,18,19). The zero-order valence-electron chi connectivity index (χ0n) is 13.7. The fourth-order valence-corrected chi connectivity index (χ4v) is 4.99. The number of rotatable bonds is 5. The van der Waals surface area contributed by atoms with Crippen LogP contribution in [-0.2, 0) is 10.0 Å². The molecule has 0 spiro atoms. The molecule has 0 aromatic carbocycles. The van der Waals surface area contributed by atoms with Gasteiger partial charge < -0.3 is 5.32 Å². The number of nitrogens with zero attached hydrogens (tertiary/aromatic N) is 2. The van der Waals surface area contributed by atoms with Gasteiger partial charge in [0.1, 0.15) is 10.7 Å². The topological polar surface area (TPSA) is 62.3 Å². The normalized spacial score (nSPS) is 21.2. The van der Waals surface area contributed by atoms with Crippen molar-refractivity contribution in [1.29, 1.82) is 0 Å². The van der Waals surface area contributed by atoms with Crippen LogP contribution in [0, 0.1) is 5.92 Å². The quantitative estimate of drug-likeness (QED) is 0.896. The van der Waals surface area contributed by atoms with Crippen molar-refractivity contribution in [2.24, 2.45) is 5.92 Å². The van der Waals surface area contributed by atoms with Gasteiger partial charge in [-0.05, 0) is 43.7 Å². The summed E-state index contributed by atoms with van der Waals surface area (Å²) in [7, 11) is -3.37. The molecule has 2 aliphatic rings. The van der Waals surface area contributed by atoms with Crippen LogP contribution in [0.5, 0.6) is 0 Å². The van der Waals surface area contributed by atoms with E-state index in [1.807, 2.05) is 0 Å². The number of piperidine rings is 1. The minimum absolute atomic E-state index is 0.308.